The number of hydrogen-bond acceptors (Lipinski definition) is 10. The summed E-state index contributed by atoms with van der Waals surface area (Å²) in [6.07, 6.45) is 1.62. The molecule has 3 atom stereocenters. The summed E-state index contributed by atoms with van der Waals surface area (Å²) in [5.74, 6) is -1.48. The lowest BCUT2D eigenvalue weighted by Gasteiger charge is -2.23. The minimum Gasteiger partial charge on any atom is -0.460 e. The lowest BCUT2D eigenvalue weighted by molar-refractivity contribution is -0.155. The molecule has 0 aromatic rings. The Hall–Kier alpha value is -2.77. The summed E-state index contributed by atoms with van der Waals surface area (Å²) in [7, 11) is 0. The van der Waals surface area contributed by atoms with Gasteiger partial charge < -0.3 is 31.6 Å². The van der Waals surface area contributed by atoms with Crippen LogP contribution in [0.5, 0.6) is 0 Å². The normalized spacial score (nSPS) is 14.2. The van der Waals surface area contributed by atoms with E-state index in [4.69, 9.17) is 25.8 Å². The van der Waals surface area contributed by atoms with E-state index in [1.165, 1.54) is 0 Å². The summed E-state index contributed by atoms with van der Waals surface area (Å²) in [6.45, 7) is 16.9. The average molecular weight is 616 g/mol. The van der Waals surface area contributed by atoms with Gasteiger partial charge >= 0.3 is 12.1 Å². The van der Waals surface area contributed by atoms with Gasteiger partial charge in [-0.1, -0.05) is 20.8 Å². The Bertz CT molecular complexity index is 906. The highest BCUT2D eigenvalue weighted by molar-refractivity contribution is 5.91. The van der Waals surface area contributed by atoms with Crippen molar-refractivity contribution in [3.05, 3.63) is 0 Å². The zero-order chi connectivity index (χ0) is 33.4. The van der Waals surface area contributed by atoms with Crippen LogP contribution in [0.2, 0.25) is 0 Å². The van der Waals surface area contributed by atoms with Crippen molar-refractivity contribution < 1.29 is 38.3 Å². The van der Waals surface area contributed by atoms with E-state index in [-0.39, 0.29) is 49.4 Å². The Kier molecular flexibility index (Phi) is 17.6. The Morgan fingerprint density at radius 1 is 0.721 bits per heavy atom. The van der Waals surface area contributed by atoms with Gasteiger partial charge in [0.05, 0.1) is 24.7 Å². The van der Waals surface area contributed by atoms with Crippen molar-refractivity contribution in [2.75, 3.05) is 13.2 Å². The smallest absolute Gasteiger partial charge is 0.431 e. The van der Waals surface area contributed by atoms with Crippen molar-refractivity contribution in [3.8, 4) is 0 Å². The van der Waals surface area contributed by atoms with Crippen LogP contribution in [0.25, 0.3) is 0 Å². The van der Waals surface area contributed by atoms with Crippen LogP contribution >= 0.6 is 0 Å². The maximum Gasteiger partial charge on any atom is 0.431 e. The van der Waals surface area contributed by atoms with Crippen LogP contribution in [0.15, 0.2) is 0 Å². The zero-order valence-corrected chi connectivity index (χ0v) is 27.7. The third-order valence-electron chi connectivity index (χ3n) is 5.73. The Balaban J connectivity index is 4.93. The molecule has 0 radical (unpaired) electrons. The summed E-state index contributed by atoms with van der Waals surface area (Å²) in [5, 5.41) is 5.53. The SMILES string of the molecule is CC(C)(C)C[C@@H](N)C(=O)NCCCC[C@@H](NC(=O)[C@H](N)CCC(=O)OC(C)(C)C)C(=O)CCCONC(=O)OC(C)(C)C. The van der Waals surface area contributed by atoms with E-state index in [1.807, 2.05) is 20.8 Å². The minimum absolute atomic E-state index is 0.0382. The molecule has 13 nitrogen and oxygen atoms in total. The number of carbonyl (C=O) groups is 5. The van der Waals surface area contributed by atoms with E-state index in [2.05, 4.69) is 16.1 Å². The van der Waals surface area contributed by atoms with Gasteiger partial charge in [-0.25, -0.2) is 4.79 Å². The summed E-state index contributed by atoms with van der Waals surface area (Å²) < 4.78 is 10.3. The largest absolute Gasteiger partial charge is 0.460 e. The first-order valence-electron chi connectivity index (χ1n) is 15.0. The summed E-state index contributed by atoms with van der Waals surface area (Å²) in [4.78, 5) is 66.9. The van der Waals surface area contributed by atoms with Crippen LogP contribution in [0.1, 0.15) is 114 Å². The molecule has 3 amide bonds. The monoisotopic (exact) mass is 615 g/mol. The predicted octanol–water partition coefficient (Wildman–Crippen LogP) is 2.78. The van der Waals surface area contributed by atoms with Crippen LogP contribution in [0.3, 0.4) is 0 Å². The highest BCUT2D eigenvalue weighted by Crippen LogP contribution is 2.20. The molecule has 0 unspecified atom stereocenters. The van der Waals surface area contributed by atoms with Crippen LogP contribution < -0.4 is 27.6 Å². The number of hydroxylamine groups is 1. The Labute approximate surface area is 257 Å². The second-order valence-electron chi connectivity index (χ2n) is 14.0. The molecule has 0 saturated carbocycles. The number of ketones is 1. The quantitative estimate of drug-likeness (QED) is 0.0867. The maximum absolute atomic E-state index is 13.0. The molecule has 0 aliphatic heterocycles. The number of nitrogens with two attached hydrogens (primary N) is 2. The van der Waals surface area contributed by atoms with E-state index in [1.54, 1.807) is 41.5 Å². The number of rotatable bonds is 18. The molecule has 0 fully saturated rings. The summed E-state index contributed by atoms with van der Waals surface area (Å²) in [6, 6.07) is -2.44. The lowest BCUT2D eigenvalue weighted by atomic mass is 9.88. The van der Waals surface area contributed by atoms with E-state index in [9.17, 15) is 24.0 Å². The Morgan fingerprint density at radius 2 is 1.33 bits per heavy atom. The second kappa shape index (κ2) is 18.8. The van der Waals surface area contributed by atoms with Crippen LogP contribution in [-0.2, 0) is 33.5 Å². The van der Waals surface area contributed by atoms with Gasteiger partial charge in [-0.15, -0.1) is 0 Å². The molecule has 0 aromatic carbocycles. The van der Waals surface area contributed by atoms with E-state index >= 15 is 0 Å². The molecule has 0 aromatic heterocycles. The molecule has 0 heterocycles. The number of nitrogens with one attached hydrogen (secondary N) is 3. The van der Waals surface area contributed by atoms with Crippen molar-refractivity contribution in [1.82, 2.24) is 16.1 Å². The molecule has 43 heavy (non-hydrogen) atoms. The second-order valence-corrected chi connectivity index (χ2v) is 14.0. The minimum atomic E-state index is -1.01. The molecule has 0 bridgehead atoms. The molecule has 0 aliphatic rings. The van der Waals surface area contributed by atoms with Gasteiger partial charge in [0.15, 0.2) is 5.78 Å². The van der Waals surface area contributed by atoms with Crippen molar-refractivity contribution in [2.24, 2.45) is 16.9 Å². The number of hydrogen-bond donors (Lipinski definition) is 5. The van der Waals surface area contributed by atoms with Crippen molar-refractivity contribution in [1.29, 1.82) is 0 Å². The summed E-state index contributed by atoms with van der Waals surface area (Å²) >= 11 is 0. The first kappa shape index (κ1) is 40.2. The standard InChI is InChI=1S/C30H57N5O8/c1-28(2,3)19-21(32)25(38)33-17-11-10-13-22(23(36)14-12-18-41-35-27(40)43-30(7,8)9)34-26(39)20(31)15-16-24(37)42-29(4,5)6/h20-22H,10-19,31-32H2,1-9H3,(H,33,38)(H,34,39)(H,35,40)/t20-,21-,22-/m1/s1. The number of ether oxygens (including phenoxy) is 2. The highest BCUT2D eigenvalue weighted by atomic mass is 16.7. The fourth-order valence-electron chi connectivity index (χ4n) is 3.86. The predicted molar refractivity (Wildman–Crippen MR) is 163 cm³/mol. The lowest BCUT2D eigenvalue weighted by Crippen LogP contribution is -2.48. The van der Waals surface area contributed by atoms with Gasteiger partial charge in [-0.05, 0) is 85.5 Å². The first-order valence-corrected chi connectivity index (χ1v) is 15.0. The molecular weight excluding hydrogens is 558 g/mol. The third kappa shape index (κ3) is 22.4. The molecular formula is C30H57N5O8. The van der Waals surface area contributed by atoms with Crippen LogP contribution in [-0.4, -0.2) is 72.1 Å². The maximum atomic E-state index is 13.0. The summed E-state index contributed by atoms with van der Waals surface area (Å²) in [5.41, 5.74) is 12.8. The molecule has 250 valence electrons. The number of esters is 1. The van der Waals surface area contributed by atoms with Crippen LogP contribution in [0.4, 0.5) is 4.79 Å². The van der Waals surface area contributed by atoms with Crippen molar-refractivity contribution in [2.45, 2.75) is 143 Å². The molecule has 0 aliphatic carbocycles. The number of unbranched alkanes of at least 4 members (excludes halogenated alkanes) is 1. The van der Waals surface area contributed by atoms with Crippen LogP contribution in [0, 0.1) is 5.41 Å². The van der Waals surface area contributed by atoms with Crippen molar-refractivity contribution in [3.63, 3.8) is 0 Å². The zero-order valence-electron chi connectivity index (χ0n) is 27.7. The number of amides is 3. The van der Waals surface area contributed by atoms with E-state index < -0.39 is 47.3 Å². The average Bonchev–Trinajstić information content (AvgIpc) is 2.82. The van der Waals surface area contributed by atoms with Crippen molar-refractivity contribution >= 4 is 29.7 Å². The number of Topliss-reactive ketones (excluding diaryl/α,β-unsaturated/α-hetero) is 1. The van der Waals surface area contributed by atoms with Gasteiger partial charge in [-0.2, -0.15) is 5.48 Å². The fourth-order valence-corrected chi connectivity index (χ4v) is 3.86. The molecule has 0 rings (SSSR count). The van der Waals surface area contributed by atoms with E-state index in [0.29, 0.717) is 32.2 Å². The van der Waals surface area contributed by atoms with Gasteiger partial charge in [0.25, 0.3) is 0 Å². The third-order valence-corrected chi connectivity index (χ3v) is 5.73. The molecule has 0 spiro atoms. The van der Waals surface area contributed by atoms with Gasteiger partial charge in [-0.3, -0.25) is 24.0 Å². The fraction of sp³-hybridized carbons (Fsp3) is 0.833. The first-order chi connectivity index (χ1) is 19.6. The molecule has 7 N–H and O–H groups in total. The topological polar surface area (TPSA) is 201 Å². The van der Waals surface area contributed by atoms with Gasteiger partial charge in [0.1, 0.15) is 11.2 Å². The molecule has 0 saturated heterocycles. The number of carbonyl (C=O) groups excluding carboxylic acids is 5. The van der Waals surface area contributed by atoms with Gasteiger partial charge in [0.2, 0.25) is 11.8 Å². The highest BCUT2D eigenvalue weighted by Gasteiger charge is 2.25. The van der Waals surface area contributed by atoms with Gasteiger partial charge in [0, 0.05) is 19.4 Å². The Morgan fingerprint density at radius 3 is 1.88 bits per heavy atom. The van der Waals surface area contributed by atoms with E-state index in [0.717, 1.165) is 0 Å². The molecule has 13 heteroatoms.